The van der Waals surface area contributed by atoms with Crippen LogP contribution >= 0.6 is 0 Å². The van der Waals surface area contributed by atoms with Crippen LogP contribution in [0.1, 0.15) is 245 Å². The van der Waals surface area contributed by atoms with E-state index in [4.69, 9.17) is 4.74 Å². The molecule has 1 aliphatic heterocycles. The van der Waals surface area contributed by atoms with E-state index in [2.05, 4.69) is 98.1 Å². The zero-order valence-electron chi connectivity index (χ0n) is 87.5. The van der Waals surface area contributed by atoms with Crippen LogP contribution < -0.4 is 37.9 Å². The number of hydrogen-bond acceptors (Lipinski definition) is 18. The second kappa shape index (κ2) is 52.4. The molecule has 0 aliphatic carbocycles. The summed E-state index contributed by atoms with van der Waals surface area (Å²) in [6, 6.07) is 51.2. The number of ketones is 2. The number of rotatable bonds is 37. The summed E-state index contributed by atoms with van der Waals surface area (Å²) in [5, 5.41) is 31.6. The minimum atomic E-state index is -1.06. The van der Waals surface area contributed by atoms with Gasteiger partial charge in [0.15, 0.2) is 0 Å². The van der Waals surface area contributed by atoms with Gasteiger partial charge in [-0.05, 0) is 287 Å². The normalized spacial score (nSPS) is 14.0. The Morgan fingerprint density at radius 1 is 0.408 bits per heavy atom. The van der Waals surface area contributed by atoms with Crippen LogP contribution in [-0.2, 0) is 47.9 Å². The van der Waals surface area contributed by atoms with Crippen molar-refractivity contribution in [2.75, 3.05) is 20.3 Å². The largest absolute Gasteiger partial charge is 0.481 e. The third kappa shape index (κ3) is 30.4. The van der Waals surface area contributed by atoms with Crippen LogP contribution in [0, 0.1) is 87.0 Å². The molecule has 0 radical (unpaired) electrons. The van der Waals surface area contributed by atoms with Crippen molar-refractivity contribution < 1.29 is 58.1 Å². The number of piperidine rings is 1. The Hall–Kier alpha value is -15.5. The fourth-order valence-corrected chi connectivity index (χ4v) is 19.0. The Labute approximate surface area is 859 Å². The molecule has 1 fully saturated rings. The van der Waals surface area contributed by atoms with Crippen LogP contribution in [-0.4, -0.2) is 133 Å². The lowest BCUT2D eigenvalue weighted by molar-refractivity contribution is -0.144. The Morgan fingerprint density at radius 2 is 0.830 bits per heavy atom. The highest BCUT2D eigenvalue weighted by Gasteiger charge is 2.39. The fourth-order valence-electron chi connectivity index (χ4n) is 19.0. The Bertz CT molecular complexity index is 7030. The number of aliphatic carboxylic acids is 2. The van der Waals surface area contributed by atoms with Gasteiger partial charge in [0, 0.05) is 129 Å². The molecule has 1 aliphatic rings. The van der Waals surface area contributed by atoms with Gasteiger partial charge in [0.1, 0.15) is 35.7 Å². The number of aromatic nitrogens is 8. The molecule has 5 amide bonds. The molecule has 6 aromatic carbocycles. The molecule has 28 heteroatoms. The summed E-state index contributed by atoms with van der Waals surface area (Å²) in [5.74, 6) is -3.14. The minimum Gasteiger partial charge on any atom is -0.481 e. The maximum atomic E-state index is 13.9. The quantitative estimate of drug-likeness (QED) is 0.0211. The number of pyridine rings is 6. The van der Waals surface area contributed by atoms with Crippen molar-refractivity contribution in [2.24, 2.45) is 17.8 Å². The van der Waals surface area contributed by atoms with Gasteiger partial charge < -0.3 is 50.3 Å². The summed E-state index contributed by atoms with van der Waals surface area (Å²) in [4.78, 5) is 178. The van der Waals surface area contributed by atoms with Gasteiger partial charge in [-0.25, -0.2) is 4.98 Å². The maximum Gasteiger partial charge on any atom is 0.305 e. The summed E-state index contributed by atoms with van der Waals surface area (Å²) < 4.78 is 9.47. The Balaban J connectivity index is 0.000000187. The number of hydrogen-bond donors (Lipinski definition) is 6. The average Bonchev–Trinajstić information content (AvgIpc) is 0.790. The van der Waals surface area contributed by atoms with Gasteiger partial charge >= 0.3 is 11.9 Å². The predicted octanol–water partition coefficient (Wildman–Crippen LogP) is 19.9. The molecule has 13 aromatic rings. The lowest BCUT2D eigenvalue weighted by atomic mass is 9.90. The van der Waals surface area contributed by atoms with Gasteiger partial charge in [0.05, 0.1) is 60.8 Å². The standard InChI is InChI=1S/C32H38N4O4.C30H37N3O3.C29H35N3O3.C28H27N3O5/c1-20(2)14-28(36-19-23(11-12-29(36)37)26-10-5-6-13-34-26)32(40)35-27(16-30(38)39)24-15-25(18-33-17-24)31-21(3)8-7-9-22(31)4;1-18(2)11-27(33-17-22(6)21(5)12-28(33)35)30(36)32-26(13-23(7)34)24-14-25(16-31-15-24)29-19(3)9-8-10-20(29)4;1-18(2)12-26(32-11-10-19(3)13-27(32)34)29(35)31-25(14-22(6)33)23-15-24(17-30-16-23)28-20(4)8-7-9-21(28)5;1-18-8-3-4-11-21(18)19-9-7-10-20(14-19)24(15-26(32)33)30-27(34)25(16-36-2)31-17-29-23-13-6-5-12-22(23)28(31)35/h5-10,13,15,17-18,20,23,27-28H,11-12,14,16,19H2,1-4H3,(H,35,40)(H,38,39);8-10,12,14-18,26-27H,11,13H2,1-7H3,(H,32,36);7-11,13,15-18,25-26H,12,14H2,1-6H3,(H,31,35);3-14,17,24-25H,15-16H2,1-2H3,(H,30,34)(H,32,33)/t23?,27-,28-;26-,27+;25-,26?;24-,25-/m0110/s1. The van der Waals surface area contributed by atoms with E-state index in [-0.39, 0.29) is 108 Å². The number of carboxylic acids is 2. The molecule has 768 valence electrons. The highest BCUT2D eigenvalue weighted by Crippen LogP contribution is 2.37. The third-order valence-corrected chi connectivity index (χ3v) is 26.4. The third-order valence-electron chi connectivity index (χ3n) is 26.4. The molecule has 0 spiro atoms. The summed E-state index contributed by atoms with van der Waals surface area (Å²) in [6.45, 7) is 35.4. The smallest absolute Gasteiger partial charge is 0.305 e. The summed E-state index contributed by atoms with van der Waals surface area (Å²) in [7, 11) is 1.43. The number of carbonyl (C=O) groups is 9. The molecule has 1 saturated heterocycles. The minimum absolute atomic E-state index is 0.0365. The molecule has 28 nitrogen and oxygen atoms in total. The van der Waals surface area contributed by atoms with E-state index < -0.39 is 66.2 Å². The van der Waals surface area contributed by atoms with Crippen LogP contribution in [0.25, 0.3) is 55.4 Å². The van der Waals surface area contributed by atoms with Crippen LogP contribution in [0.2, 0.25) is 0 Å². The van der Waals surface area contributed by atoms with Gasteiger partial charge in [-0.3, -0.25) is 82.0 Å². The first-order valence-corrected chi connectivity index (χ1v) is 49.9. The molecule has 14 rings (SSSR count). The first-order chi connectivity index (χ1) is 70.1. The van der Waals surface area contributed by atoms with Crippen molar-refractivity contribution in [1.82, 2.24) is 64.8 Å². The molecule has 9 atom stereocenters. The molecular weight excluding hydrogens is 1850 g/mol. The Morgan fingerprint density at radius 3 is 1.29 bits per heavy atom. The number of likely N-dealkylation sites (tertiary alicyclic amines) is 1. The van der Waals surface area contributed by atoms with Gasteiger partial charge in [0.25, 0.3) is 16.7 Å². The maximum absolute atomic E-state index is 13.9. The van der Waals surface area contributed by atoms with Crippen LogP contribution in [0.4, 0.5) is 0 Å². The van der Waals surface area contributed by atoms with E-state index in [1.165, 1.54) is 47.1 Å². The van der Waals surface area contributed by atoms with Crippen LogP contribution in [0.15, 0.2) is 258 Å². The number of nitrogens with one attached hydrogen (secondary N) is 4. The number of carboxylic acid groups (broad SMARTS) is 2. The SMILES string of the molecule is CC(=O)C[C@@H](NC(=O)C(CC(C)C)n1ccc(C)cc1=O)c1cncc(-c2c(C)cccc2C)c1.CC(=O)C[C@@H](NC(=O)[C@H](CC(C)C)n1cc(C)c(C)cc1=O)c1cncc(-c2c(C)cccc2C)c1.COC[C@@H](C(=O)N[C@@H](CC(=O)O)c1cccc(-c2ccccc2C)c1)n1cnc2ccccc2c1=O.Cc1cccc(C)c1-c1cncc([C@H](CC(=O)O)NC(=O)[C@H](CC(C)C)N2CC(c3ccccn3)CCC2=O)c1. The summed E-state index contributed by atoms with van der Waals surface area (Å²) >= 11 is 0. The Kier molecular flexibility index (Phi) is 39.9. The highest BCUT2D eigenvalue weighted by atomic mass is 16.5. The van der Waals surface area contributed by atoms with Crippen molar-refractivity contribution in [3.8, 4) is 44.5 Å². The monoisotopic (exact) mass is 1990 g/mol. The molecular formula is C119H137N13O15. The number of Topliss-reactive ketones (excluding diaryl/α,β-unsaturated/α-hetero) is 2. The zero-order chi connectivity index (χ0) is 107. The van der Waals surface area contributed by atoms with Crippen molar-refractivity contribution >= 4 is 63.9 Å². The molecule has 2 unspecified atom stereocenters. The number of carbonyl (C=O) groups excluding carboxylic acids is 7. The van der Waals surface area contributed by atoms with Crippen molar-refractivity contribution in [3.05, 3.63) is 359 Å². The number of methoxy groups -OCH3 is 1. The van der Waals surface area contributed by atoms with E-state index in [0.717, 1.165) is 117 Å². The fraction of sp³-hybridized carbons (Fsp3) is 0.353. The van der Waals surface area contributed by atoms with Crippen LogP contribution in [0.3, 0.4) is 0 Å². The number of amides is 5. The number of aryl methyl sites for hydroxylation is 10. The van der Waals surface area contributed by atoms with Gasteiger partial charge in [-0.1, -0.05) is 157 Å². The molecule has 6 N–H and O–H groups in total. The number of fused-ring (bicyclic) bond motifs is 1. The van der Waals surface area contributed by atoms with E-state index in [9.17, 15) is 67.7 Å². The number of benzene rings is 6. The van der Waals surface area contributed by atoms with E-state index >= 15 is 0 Å². The second-order valence-electron chi connectivity index (χ2n) is 39.8. The average molecular weight is 1990 g/mol. The number of ether oxygens (including phenoxy) is 1. The van der Waals surface area contributed by atoms with Gasteiger partial charge in [-0.2, -0.15) is 0 Å². The molecule has 0 bridgehead atoms. The number of para-hydroxylation sites is 1. The van der Waals surface area contributed by atoms with Gasteiger partial charge in [0.2, 0.25) is 29.5 Å². The molecule has 0 saturated carbocycles. The van der Waals surface area contributed by atoms with E-state index in [1.54, 1.807) is 90.9 Å². The van der Waals surface area contributed by atoms with Gasteiger partial charge in [-0.15, -0.1) is 0 Å². The summed E-state index contributed by atoms with van der Waals surface area (Å²) in [6.07, 6.45) is 19.0. The first kappa shape index (κ1) is 112. The zero-order valence-corrected chi connectivity index (χ0v) is 87.5. The van der Waals surface area contributed by atoms with Crippen molar-refractivity contribution in [3.63, 3.8) is 0 Å². The summed E-state index contributed by atoms with van der Waals surface area (Å²) in [5.41, 5.74) is 21.8. The number of nitrogens with zero attached hydrogens (tertiary/aromatic N) is 9. The highest BCUT2D eigenvalue weighted by molar-refractivity contribution is 5.90. The predicted molar refractivity (Wildman–Crippen MR) is 573 cm³/mol. The molecule has 7 aromatic heterocycles. The molecule has 147 heavy (non-hydrogen) atoms. The van der Waals surface area contributed by atoms with E-state index in [1.807, 2.05) is 205 Å². The van der Waals surface area contributed by atoms with E-state index in [0.29, 0.717) is 60.7 Å². The molecule has 8 heterocycles. The first-order valence-electron chi connectivity index (χ1n) is 49.9. The second-order valence-corrected chi connectivity index (χ2v) is 39.8. The van der Waals surface area contributed by atoms with Crippen LogP contribution in [0.5, 0.6) is 0 Å². The topological polar surface area (TPSA) is 385 Å². The van der Waals surface area contributed by atoms with Crippen molar-refractivity contribution in [2.45, 2.75) is 237 Å². The lowest BCUT2D eigenvalue weighted by Crippen LogP contribution is -2.53. The lowest BCUT2D eigenvalue weighted by Gasteiger charge is -2.38. The van der Waals surface area contributed by atoms with Crippen molar-refractivity contribution in [1.29, 1.82) is 0 Å².